The lowest BCUT2D eigenvalue weighted by atomic mass is 10.1. The molecule has 0 aliphatic carbocycles. The van der Waals surface area contributed by atoms with E-state index in [1.165, 1.54) is 4.90 Å². The number of halogens is 2. The van der Waals surface area contributed by atoms with Crippen molar-refractivity contribution in [3.63, 3.8) is 0 Å². The number of hydrogen-bond acceptors (Lipinski definition) is 4. The second-order valence-electron chi connectivity index (χ2n) is 6.22. The van der Waals surface area contributed by atoms with E-state index in [-0.39, 0.29) is 11.5 Å². The Labute approximate surface area is 144 Å². The molecule has 0 saturated carbocycles. The number of piperazine rings is 1. The highest BCUT2D eigenvalue weighted by Crippen LogP contribution is 2.13. The molecule has 0 bridgehead atoms. The number of ether oxygens (including phenoxy) is 1. The molecule has 3 rings (SSSR count). The smallest absolute Gasteiger partial charge is 0.254 e. The summed E-state index contributed by atoms with van der Waals surface area (Å²) in [6.07, 6.45) is 0. The van der Waals surface area contributed by atoms with E-state index >= 15 is 0 Å². The number of carbonyl (C=O) groups excluding carboxylic acids is 2. The van der Waals surface area contributed by atoms with Crippen LogP contribution in [0.1, 0.15) is 10.4 Å². The minimum absolute atomic E-state index is 0.00871. The molecule has 0 spiro atoms. The molecule has 2 heterocycles. The summed E-state index contributed by atoms with van der Waals surface area (Å²) in [5.41, 5.74) is -0.00871. The van der Waals surface area contributed by atoms with E-state index in [9.17, 15) is 18.4 Å². The topological polar surface area (TPSA) is 53.1 Å². The minimum Gasteiger partial charge on any atom is -0.379 e. The summed E-state index contributed by atoms with van der Waals surface area (Å²) in [5.74, 6) is -1.94. The Kier molecular flexibility index (Phi) is 5.60. The van der Waals surface area contributed by atoms with Gasteiger partial charge in [-0.05, 0) is 12.1 Å². The summed E-state index contributed by atoms with van der Waals surface area (Å²) < 4.78 is 31.8. The molecule has 136 valence electrons. The monoisotopic (exact) mass is 353 g/mol. The van der Waals surface area contributed by atoms with Gasteiger partial charge >= 0.3 is 0 Å². The fraction of sp³-hybridized carbons (Fsp3) is 0.529. The third kappa shape index (κ3) is 4.52. The first-order valence-electron chi connectivity index (χ1n) is 8.36. The van der Waals surface area contributed by atoms with Crippen molar-refractivity contribution in [2.45, 2.75) is 0 Å². The predicted octanol–water partition coefficient (Wildman–Crippen LogP) is 0.581. The van der Waals surface area contributed by atoms with E-state index in [4.69, 9.17) is 4.74 Å². The minimum atomic E-state index is -0.775. The molecule has 1 aromatic rings. The van der Waals surface area contributed by atoms with Crippen molar-refractivity contribution in [1.82, 2.24) is 14.7 Å². The van der Waals surface area contributed by atoms with Crippen LogP contribution in [0.2, 0.25) is 0 Å². The summed E-state index contributed by atoms with van der Waals surface area (Å²) in [5, 5.41) is 0. The Bertz CT molecular complexity index is 622. The van der Waals surface area contributed by atoms with Gasteiger partial charge in [-0.3, -0.25) is 14.5 Å². The molecule has 2 saturated heterocycles. The fourth-order valence-electron chi connectivity index (χ4n) is 3.07. The molecule has 8 heteroatoms. The van der Waals surface area contributed by atoms with Crippen molar-refractivity contribution in [2.75, 3.05) is 59.0 Å². The normalized spacial score (nSPS) is 19.1. The lowest BCUT2D eigenvalue weighted by Crippen LogP contribution is -2.53. The van der Waals surface area contributed by atoms with Gasteiger partial charge in [-0.25, -0.2) is 8.78 Å². The van der Waals surface area contributed by atoms with E-state index in [1.54, 1.807) is 4.90 Å². The Hall–Kier alpha value is -2.06. The maximum Gasteiger partial charge on any atom is 0.254 e. The predicted molar refractivity (Wildman–Crippen MR) is 86.1 cm³/mol. The second-order valence-corrected chi connectivity index (χ2v) is 6.22. The number of benzene rings is 1. The molecule has 0 unspecified atom stereocenters. The van der Waals surface area contributed by atoms with Crippen LogP contribution in [-0.4, -0.2) is 85.5 Å². The summed E-state index contributed by atoms with van der Waals surface area (Å²) in [6.45, 7) is 4.67. The molecule has 2 aliphatic rings. The van der Waals surface area contributed by atoms with Crippen LogP contribution < -0.4 is 0 Å². The molecule has 2 aliphatic heterocycles. The van der Waals surface area contributed by atoms with Gasteiger partial charge in [0, 0.05) is 50.9 Å². The molecule has 25 heavy (non-hydrogen) atoms. The van der Waals surface area contributed by atoms with Crippen molar-refractivity contribution < 1.29 is 23.1 Å². The lowest BCUT2D eigenvalue weighted by molar-refractivity contribution is -0.134. The molecule has 0 N–H and O–H groups in total. The van der Waals surface area contributed by atoms with Crippen LogP contribution in [-0.2, 0) is 9.53 Å². The molecule has 2 amide bonds. The van der Waals surface area contributed by atoms with Crippen molar-refractivity contribution in [3.8, 4) is 0 Å². The second kappa shape index (κ2) is 7.88. The Morgan fingerprint density at radius 3 is 2.04 bits per heavy atom. The first kappa shape index (κ1) is 17.8. The first-order valence-corrected chi connectivity index (χ1v) is 8.36. The number of morpholine rings is 1. The van der Waals surface area contributed by atoms with Crippen molar-refractivity contribution in [2.24, 2.45) is 0 Å². The molecular weight excluding hydrogens is 332 g/mol. The van der Waals surface area contributed by atoms with Gasteiger partial charge in [0.1, 0.15) is 11.6 Å². The molecular formula is C17H21F2N3O3. The third-order valence-electron chi connectivity index (χ3n) is 4.49. The molecule has 0 radical (unpaired) electrons. The molecule has 2 fully saturated rings. The van der Waals surface area contributed by atoms with Gasteiger partial charge in [-0.2, -0.15) is 0 Å². The number of hydrogen-bond donors (Lipinski definition) is 0. The summed E-state index contributed by atoms with van der Waals surface area (Å²) in [7, 11) is 0. The average Bonchev–Trinajstić information content (AvgIpc) is 2.61. The van der Waals surface area contributed by atoms with Crippen molar-refractivity contribution in [3.05, 3.63) is 35.4 Å². The average molecular weight is 353 g/mol. The molecule has 0 atom stereocenters. The standard InChI is InChI=1S/C17H21F2N3O3/c18-14-9-13(10-15(19)11-14)17(24)22-3-1-21(2-4-22)16(23)12-20-5-7-25-8-6-20/h9-11H,1-8,12H2. The van der Waals surface area contributed by atoms with E-state index in [0.29, 0.717) is 45.9 Å². The third-order valence-corrected chi connectivity index (χ3v) is 4.49. The molecule has 6 nitrogen and oxygen atoms in total. The zero-order valence-corrected chi connectivity index (χ0v) is 13.9. The number of carbonyl (C=O) groups is 2. The number of rotatable bonds is 3. The van der Waals surface area contributed by atoms with Crippen LogP contribution >= 0.6 is 0 Å². The lowest BCUT2D eigenvalue weighted by Gasteiger charge is -2.36. The maximum atomic E-state index is 13.3. The van der Waals surface area contributed by atoms with Gasteiger partial charge in [-0.15, -0.1) is 0 Å². The van der Waals surface area contributed by atoms with Gasteiger partial charge in [0.2, 0.25) is 5.91 Å². The zero-order chi connectivity index (χ0) is 17.8. The summed E-state index contributed by atoms with van der Waals surface area (Å²) >= 11 is 0. The van der Waals surface area contributed by atoms with Gasteiger partial charge in [0.15, 0.2) is 0 Å². The van der Waals surface area contributed by atoms with Crippen LogP contribution in [0.3, 0.4) is 0 Å². The van der Waals surface area contributed by atoms with E-state index < -0.39 is 17.5 Å². The highest BCUT2D eigenvalue weighted by molar-refractivity contribution is 5.94. The molecule has 1 aromatic carbocycles. The Balaban J connectivity index is 1.52. The highest BCUT2D eigenvalue weighted by Gasteiger charge is 2.26. The van der Waals surface area contributed by atoms with E-state index in [2.05, 4.69) is 4.90 Å². The van der Waals surface area contributed by atoms with Gasteiger partial charge in [0.25, 0.3) is 5.91 Å². The number of nitrogens with zero attached hydrogens (tertiary/aromatic N) is 3. The van der Waals surface area contributed by atoms with Crippen LogP contribution in [0, 0.1) is 11.6 Å². The first-order chi connectivity index (χ1) is 12.0. The van der Waals surface area contributed by atoms with Crippen LogP contribution in [0.25, 0.3) is 0 Å². The Morgan fingerprint density at radius 2 is 1.44 bits per heavy atom. The van der Waals surface area contributed by atoms with E-state index in [1.807, 2.05) is 0 Å². The quantitative estimate of drug-likeness (QED) is 0.798. The zero-order valence-electron chi connectivity index (χ0n) is 13.9. The van der Waals surface area contributed by atoms with Gasteiger partial charge < -0.3 is 14.5 Å². The van der Waals surface area contributed by atoms with Gasteiger partial charge in [-0.1, -0.05) is 0 Å². The maximum absolute atomic E-state index is 13.3. The summed E-state index contributed by atoms with van der Waals surface area (Å²) in [6, 6.07) is 2.79. The SMILES string of the molecule is O=C(CN1CCOCC1)N1CCN(C(=O)c2cc(F)cc(F)c2)CC1. The van der Waals surface area contributed by atoms with Crippen LogP contribution in [0.15, 0.2) is 18.2 Å². The Morgan fingerprint density at radius 1 is 0.880 bits per heavy atom. The highest BCUT2D eigenvalue weighted by atomic mass is 19.1. The summed E-state index contributed by atoms with van der Waals surface area (Å²) in [4.78, 5) is 30.0. The van der Waals surface area contributed by atoms with Gasteiger partial charge in [0.05, 0.1) is 19.8 Å². The number of amides is 2. The fourth-order valence-corrected chi connectivity index (χ4v) is 3.07. The van der Waals surface area contributed by atoms with E-state index in [0.717, 1.165) is 31.3 Å². The van der Waals surface area contributed by atoms with Crippen molar-refractivity contribution in [1.29, 1.82) is 0 Å². The van der Waals surface area contributed by atoms with Crippen LogP contribution in [0.4, 0.5) is 8.78 Å². The largest absolute Gasteiger partial charge is 0.379 e. The van der Waals surface area contributed by atoms with Crippen molar-refractivity contribution >= 4 is 11.8 Å². The van der Waals surface area contributed by atoms with Crippen LogP contribution in [0.5, 0.6) is 0 Å². The molecule has 0 aromatic heterocycles.